The van der Waals surface area contributed by atoms with Gasteiger partial charge in [0.15, 0.2) is 11.4 Å². The number of aromatic nitrogens is 3. The van der Waals surface area contributed by atoms with Gasteiger partial charge in [-0.15, -0.1) is 0 Å². The number of aryl methyl sites for hydroxylation is 2. The predicted molar refractivity (Wildman–Crippen MR) is 85.2 cm³/mol. The highest BCUT2D eigenvalue weighted by Gasteiger charge is 2.26. The summed E-state index contributed by atoms with van der Waals surface area (Å²) in [6, 6.07) is 6.38. The molecule has 3 aromatic rings. The molecular weight excluding hydrogens is 322 g/mol. The van der Waals surface area contributed by atoms with E-state index in [0.29, 0.717) is 5.69 Å². The van der Waals surface area contributed by atoms with Crippen molar-refractivity contribution in [1.82, 2.24) is 14.3 Å². The van der Waals surface area contributed by atoms with Crippen molar-refractivity contribution < 1.29 is 15.0 Å². The van der Waals surface area contributed by atoms with Gasteiger partial charge in [0.2, 0.25) is 5.43 Å². The fraction of sp³-hybridized carbons (Fsp3) is 0.133. The van der Waals surface area contributed by atoms with Crippen LogP contribution >= 0.6 is 11.6 Å². The zero-order valence-corrected chi connectivity index (χ0v) is 13.0. The minimum atomic E-state index is -1.36. The molecule has 0 amide bonds. The highest BCUT2D eigenvalue weighted by atomic mass is 35.5. The number of carboxylic acid groups (broad SMARTS) is 1. The molecule has 0 aliphatic carbocycles. The molecule has 118 valence electrons. The maximum absolute atomic E-state index is 12.5. The van der Waals surface area contributed by atoms with Gasteiger partial charge in [-0.1, -0.05) is 29.8 Å². The normalized spacial score (nSPS) is 11.1. The third-order valence-electron chi connectivity index (χ3n) is 3.61. The Kier molecular flexibility index (Phi) is 3.37. The molecule has 23 heavy (non-hydrogen) atoms. The summed E-state index contributed by atoms with van der Waals surface area (Å²) in [7, 11) is 1.53. The molecule has 2 heterocycles. The van der Waals surface area contributed by atoms with Gasteiger partial charge >= 0.3 is 6.09 Å². The lowest BCUT2D eigenvalue weighted by Crippen LogP contribution is -2.19. The van der Waals surface area contributed by atoms with Crippen LogP contribution in [0, 0.1) is 6.92 Å². The van der Waals surface area contributed by atoms with Crippen LogP contribution < -0.4 is 5.43 Å². The molecular formula is C15H12ClN3O4. The number of hydrogen-bond donors (Lipinski definition) is 2. The molecule has 7 nitrogen and oxygen atoms in total. The van der Waals surface area contributed by atoms with Crippen LogP contribution in [-0.4, -0.2) is 30.7 Å². The first-order valence-electron chi connectivity index (χ1n) is 6.64. The van der Waals surface area contributed by atoms with Crippen molar-refractivity contribution in [1.29, 1.82) is 0 Å². The molecule has 0 saturated carbocycles. The molecule has 2 aromatic heterocycles. The molecule has 0 saturated heterocycles. The monoisotopic (exact) mass is 333 g/mol. The number of aromatic hydroxyl groups is 1. The summed E-state index contributed by atoms with van der Waals surface area (Å²) in [6.45, 7) is 1.57. The van der Waals surface area contributed by atoms with E-state index in [2.05, 4.69) is 5.10 Å². The molecule has 0 aliphatic rings. The Morgan fingerprint density at radius 3 is 2.57 bits per heavy atom. The number of halogens is 1. The summed E-state index contributed by atoms with van der Waals surface area (Å²) in [5.74, 6) is -0.677. The quantitative estimate of drug-likeness (QED) is 0.713. The van der Waals surface area contributed by atoms with Gasteiger partial charge in [0.25, 0.3) is 0 Å². The Bertz CT molecular complexity index is 1020. The molecule has 0 unspecified atom stereocenters. The van der Waals surface area contributed by atoms with E-state index in [1.54, 1.807) is 25.1 Å². The zero-order chi connectivity index (χ0) is 16.9. The number of pyridine rings is 1. The Labute approximate surface area is 135 Å². The SMILES string of the molecule is Cc1nn(C)c2c1c(=O)c(O)c(-c1ccccc1Cl)n2C(=O)O. The van der Waals surface area contributed by atoms with E-state index in [1.165, 1.54) is 17.8 Å². The van der Waals surface area contributed by atoms with Gasteiger partial charge in [-0.2, -0.15) is 5.10 Å². The molecule has 0 radical (unpaired) electrons. The highest BCUT2D eigenvalue weighted by molar-refractivity contribution is 6.33. The van der Waals surface area contributed by atoms with E-state index in [4.69, 9.17) is 11.6 Å². The number of rotatable bonds is 1. The lowest BCUT2D eigenvalue weighted by Gasteiger charge is -2.14. The molecule has 0 bridgehead atoms. The Hall–Kier alpha value is -2.80. The Morgan fingerprint density at radius 2 is 1.96 bits per heavy atom. The largest absolute Gasteiger partial charge is 0.503 e. The third kappa shape index (κ3) is 2.08. The second kappa shape index (κ2) is 5.13. The van der Waals surface area contributed by atoms with E-state index >= 15 is 0 Å². The fourth-order valence-corrected chi connectivity index (χ4v) is 2.92. The second-order valence-electron chi connectivity index (χ2n) is 5.03. The average Bonchev–Trinajstić information content (AvgIpc) is 2.78. The van der Waals surface area contributed by atoms with E-state index in [1.807, 2.05) is 0 Å². The van der Waals surface area contributed by atoms with Gasteiger partial charge in [0.1, 0.15) is 5.69 Å². The van der Waals surface area contributed by atoms with Crippen LogP contribution in [0.25, 0.3) is 22.3 Å². The van der Waals surface area contributed by atoms with Crippen molar-refractivity contribution in [2.24, 2.45) is 7.05 Å². The van der Waals surface area contributed by atoms with Crippen LogP contribution in [-0.2, 0) is 7.05 Å². The van der Waals surface area contributed by atoms with Gasteiger partial charge in [-0.05, 0) is 13.0 Å². The van der Waals surface area contributed by atoms with Gasteiger partial charge < -0.3 is 10.2 Å². The van der Waals surface area contributed by atoms with Gasteiger partial charge in [0.05, 0.1) is 16.1 Å². The van der Waals surface area contributed by atoms with Crippen molar-refractivity contribution in [2.75, 3.05) is 0 Å². The lowest BCUT2D eigenvalue weighted by molar-refractivity contribution is 0.197. The molecule has 3 rings (SSSR count). The number of fused-ring (bicyclic) bond motifs is 1. The molecule has 0 atom stereocenters. The summed E-state index contributed by atoms with van der Waals surface area (Å²) < 4.78 is 2.12. The van der Waals surface area contributed by atoms with Crippen LogP contribution in [0.3, 0.4) is 0 Å². The number of nitrogens with zero attached hydrogens (tertiary/aromatic N) is 3. The summed E-state index contributed by atoms with van der Waals surface area (Å²) in [4.78, 5) is 24.3. The van der Waals surface area contributed by atoms with Crippen molar-refractivity contribution >= 4 is 28.7 Å². The van der Waals surface area contributed by atoms with E-state index in [0.717, 1.165) is 4.57 Å². The van der Waals surface area contributed by atoms with Crippen LogP contribution in [0.4, 0.5) is 4.79 Å². The molecule has 0 spiro atoms. The minimum absolute atomic E-state index is 0.0585. The van der Waals surface area contributed by atoms with Crippen molar-refractivity contribution in [3.8, 4) is 17.0 Å². The predicted octanol–water partition coefficient (Wildman–Crippen LogP) is 2.60. The van der Waals surface area contributed by atoms with Crippen molar-refractivity contribution in [3.05, 3.63) is 45.2 Å². The van der Waals surface area contributed by atoms with Gasteiger partial charge in [-0.25, -0.2) is 9.36 Å². The van der Waals surface area contributed by atoms with Gasteiger partial charge in [0, 0.05) is 12.6 Å². The first-order chi connectivity index (χ1) is 10.8. The molecule has 0 aliphatic heterocycles. The maximum atomic E-state index is 12.5. The standard InChI is InChI=1S/C15H12ClN3O4/c1-7-10-12(20)13(21)11(8-5-3-4-6-9(8)16)19(15(22)23)14(10)18(2)17-7/h3-6,21H,1-2H3,(H,22,23). The Morgan fingerprint density at radius 1 is 1.30 bits per heavy atom. The summed E-state index contributed by atoms with van der Waals surface area (Å²) in [5, 5.41) is 24.3. The third-order valence-corrected chi connectivity index (χ3v) is 3.94. The summed E-state index contributed by atoms with van der Waals surface area (Å²) >= 11 is 6.11. The van der Waals surface area contributed by atoms with Gasteiger partial charge in [-0.3, -0.25) is 9.48 Å². The first-order valence-corrected chi connectivity index (χ1v) is 7.02. The molecule has 1 aromatic carbocycles. The second-order valence-corrected chi connectivity index (χ2v) is 5.44. The van der Waals surface area contributed by atoms with Crippen molar-refractivity contribution in [3.63, 3.8) is 0 Å². The molecule has 0 fully saturated rings. The van der Waals surface area contributed by atoms with Crippen LogP contribution in [0.15, 0.2) is 29.1 Å². The van der Waals surface area contributed by atoms with Crippen LogP contribution in [0.1, 0.15) is 5.69 Å². The minimum Gasteiger partial charge on any atom is -0.503 e. The molecule has 2 N–H and O–H groups in total. The average molecular weight is 334 g/mol. The van der Waals surface area contributed by atoms with E-state index in [-0.39, 0.29) is 27.3 Å². The van der Waals surface area contributed by atoms with Crippen molar-refractivity contribution in [2.45, 2.75) is 6.92 Å². The van der Waals surface area contributed by atoms with Crippen LogP contribution in [0.2, 0.25) is 5.02 Å². The smallest absolute Gasteiger partial charge is 0.417 e. The lowest BCUT2D eigenvalue weighted by atomic mass is 10.1. The zero-order valence-electron chi connectivity index (χ0n) is 12.2. The summed E-state index contributed by atoms with van der Waals surface area (Å²) in [5.41, 5.74) is -0.204. The number of benzene rings is 1. The number of carbonyl (C=O) groups is 1. The van der Waals surface area contributed by atoms with E-state index in [9.17, 15) is 19.8 Å². The topological polar surface area (TPSA) is 97.4 Å². The van der Waals surface area contributed by atoms with E-state index < -0.39 is 17.3 Å². The highest BCUT2D eigenvalue weighted by Crippen LogP contribution is 2.35. The Balaban J connectivity index is 2.63. The number of hydrogen-bond acceptors (Lipinski definition) is 4. The van der Waals surface area contributed by atoms with Crippen LogP contribution in [0.5, 0.6) is 5.75 Å². The maximum Gasteiger partial charge on any atom is 0.417 e. The first kappa shape index (κ1) is 15.1. The summed E-state index contributed by atoms with van der Waals surface area (Å²) in [6.07, 6.45) is -1.36. The fourth-order valence-electron chi connectivity index (χ4n) is 2.69. The molecule has 8 heteroatoms.